The van der Waals surface area contributed by atoms with Gasteiger partial charge in [-0.25, -0.2) is 0 Å². The quantitative estimate of drug-likeness (QED) is 0.858. The first-order valence-corrected chi connectivity index (χ1v) is 6.89. The lowest BCUT2D eigenvalue weighted by Gasteiger charge is -2.35. The highest BCUT2D eigenvalue weighted by Gasteiger charge is 2.26. The molecule has 1 N–H and O–H groups in total. The zero-order valence-electron chi connectivity index (χ0n) is 12.7. The molecule has 0 fully saturated rings. The Balaban J connectivity index is 2.71. The van der Waals surface area contributed by atoms with E-state index in [9.17, 15) is 14.4 Å². The summed E-state index contributed by atoms with van der Waals surface area (Å²) < 4.78 is 1.47. The van der Waals surface area contributed by atoms with E-state index in [4.69, 9.17) is 5.11 Å². The molecule has 1 rings (SSSR count). The van der Waals surface area contributed by atoms with Crippen LogP contribution in [0.4, 0.5) is 0 Å². The number of amides is 1. The summed E-state index contributed by atoms with van der Waals surface area (Å²) in [5.41, 5.74) is -0.605. The largest absolute Gasteiger partial charge is 0.481 e. The third-order valence-corrected chi connectivity index (χ3v) is 3.13. The Bertz CT molecular complexity index is 557. The van der Waals surface area contributed by atoms with Gasteiger partial charge in [0.1, 0.15) is 0 Å². The monoisotopic (exact) mass is 294 g/mol. The second-order valence-electron chi connectivity index (χ2n) is 5.84. The Morgan fingerprint density at radius 3 is 2.43 bits per heavy atom. The minimum atomic E-state index is -0.934. The first-order valence-electron chi connectivity index (χ1n) is 6.89. The Morgan fingerprint density at radius 2 is 1.90 bits per heavy atom. The number of aliphatic carboxylic acids is 1. The van der Waals surface area contributed by atoms with E-state index >= 15 is 0 Å². The number of carbonyl (C=O) groups is 2. The maximum Gasteiger partial charge on any atom is 0.305 e. The van der Waals surface area contributed by atoms with Crippen LogP contribution in [-0.2, 0) is 16.1 Å². The van der Waals surface area contributed by atoms with E-state index in [2.05, 4.69) is 0 Å². The Labute approximate surface area is 124 Å². The molecule has 0 unspecified atom stereocenters. The number of hydrogen-bond donors (Lipinski definition) is 1. The van der Waals surface area contributed by atoms with Crippen molar-refractivity contribution in [3.8, 4) is 0 Å². The predicted octanol–water partition coefficient (Wildman–Crippen LogP) is 1.34. The first-order chi connectivity index (χ1) is 9.71. The van der Waals surface area contributed by atoms with Gasteiger partial charge in [-0.2, -0.15) is 0 Å². The van der Waals surface area contributed by atoms with E-state index in [0.717, 1.165) is 0 Å². The number of aromatic nitrogens is 1. The van der Waals surface area contributed by atoms with Gasteiger partial charge in [-0.1, -0.05) is 6.07 Å². The second-order valence-corrected chi connectivity index (χ2v) is 5.84. The van der Waals surface area contributed by atoms with Crippen LogP contribution in [0.25, 0.3) is 0 Å². The molecule has 0 aromatic carbocycles. The smallest absolute Gasteiger partial charge is 0.305 e. The van der Waals surface area contributed by atoms with Crippen molar-refractivity contribution in [2.75, 3.05) is 6.54 Å². The molecule has 0 saturated carbocycles. The van der Waals surface area contributed by atoms with Gasteiger partial charge in [0.2, 0.25) is 5.91 Å². The SMILES string of the molecule is CC(C)(C)N(CCC(=O)O)C(=O)CCn1ccccc1=O. The van der Waals surface area contributed by atoms with E-state index in [1.165, 1.54) is 10.6 Å². The summed E-state index contributed by atoms with van der Waals surface area (Å²) in [6, 6.07) is 4.82. The fraction of sp³-hybridized carbons (Fsp3) is 0.533. The number of carboxylic acid groups (broad SMARTS) is 1. The van der Waals surface area contributed by atoms with Crippen molar-refractivity contribution in [2.45, 2.75) is 45.7 Å². The maximum atomic E-state index is 12.3. The minimum Gasteiger partial charge on any atom is -0.481 e. The third kappa shape index (κ3) is 5.41. The molecule has 6 nitrogen and oxygen atoms in total. The fourth-order valence-corrected chi connectivity index (χ4v) is 2.04. The number of nitrogens with zero attached hydrogens (tertiary/aromatic N) is 2. The number of hydrogen-bond acceptors (Lipinski definition) is 3. The standard InChI is InChI=1S/C15H22N2O4/c1-15(2,3)17(11-8-14(20)21)13(19)7-10-16-9-5-4-6-12(16)18/h4-6,9H,7-8,10-11H2,1-3H3,(H,20,21). The average Bonchev–Trinajstić information content (AvgIpc) is 2.36. The summed E-state index contributed by atoms with van der Waals surface area (Å²) in [7, 11) is 0. The molecule has 1 aromatic rings. The Morgan fingerprint density at radius 1 is 1.24 bits per heavy atom. The molecule has 21 heavy (non-hydrogen) atoms. The topological polar surface area (TPSA) is 79.6 Å². The summed E-state index contributed by atoms with van der Waals surface area (Å²) in [6.07, 6.45) is 1.71. The van der Waals surface area contributed by atoms with Gasteiger partial charge in [0.25, 0.3) is 5.56 Å². The summed E-state index contributed by atoms with van der Waals surface area (Å²) in [5, 5.41) is 8.77. The van der Waals surface area contributed by atoms with Gasteiger partial charge in [0, 0.05) is 37.3 Å². The third-order valence-electron chi connectivity index (χ3n) is 3.13. The van der Waals surface area contributed by atoms with Crippen molar-refractivity contribution < 1.29 is 14.7 Å². The molecule has 0 atom stereocenters. The van der Waals surface area contributed by atoms with Crippen molar-refractivity contribution in [1.82, 2.24) is 9.47 Å². The fourth-order valence-electron chi connectivity index (χ4n) is 2.04. The highest BCUT2D eigenvalue weighted by molar-refractivity contribution is 5.77. The van der Waals surface area contributed by atoms with Crippen molar-refractivity contribution in [2.24, 2.45) is 0 Å². The van der Waals surface area contributed by atoms with Gasteiger partial charge in [-0.3, -0.25) is 14.4 Å². The van der Waals surface area contributed by atoms with Crippen LogP contribution < -0.4 is 5.56 Å². The summed E-state index contributed by atoms with van der Waals surface area (Å²) in [4.78, 5) is 36.1. The lowest BCUT2D eigenvalue weighted by atomic mass is 10.0. The maximum absolute atomic E-state index is 12.3. The molecule has 0 spiro atoms. The van der Waals surface area contributed by atoms with Crippen LogP contribution in [0.1, 0.15) is 33.6 Å². The number of carbonyl (C=O) groups excluding carboxylic acids is 1. The highest BCUT2D eigenvalue weighted by atomic mass is 16.4. The van der Waals surface area contributed by atoms with E-state index in [0.29, 0.717) is 0 Å². The number of rotatable bonds is 6. The summed E-state index contributed by atoms with van der Waals surface area (Å²) in [6.45, 7) is 6.05. The normalized spacial score (nSPS) is 11.2. The van der Waals surface area contributed by atoms with E-state index in [1.54, 1.807) is 23.2 Å². The van der Waals surface area contributed by atoms with Crippen molar-refractivity contribution in [3.05, 3.63) is 34.7 Å². The van der Waals surface area contributed by atoms with Crippen LogP contribution in [0.3, 0.4) is 0 Å². The minimum absolute atomic E-state index is 0.0890. The summed E-state index contributed by atoms with van der Waals surface area (Å²) >= 11 is 0. The summed E-state index contributed by atoms with van der Waals surface area (Å²) in [5.74, 6) is -1.09. The van der Waals surface area contributed by atoms with Gasteiger partial charge in [0.15, 0.2) is 0 Å². The van der Waals surface area contributed by atoms with Crippen LogP contribution in [0, 0.1) is 0 Å². The van der Waals surface area contributed by atoms with Crippen LogP contribution in [0.5, 0.6) is 0 Å². The van der Waals surface area contributed by atoms with Crippen molar-refractivity contribution in [3.63, 3.8) is 0 Å². The molecule has 1 amide bonds. The second kappa shape index (κ2) is 7.06. The van der Waals surface area contributed by atoms with Gasteiger partial charge in [0.05, 0.1) is 6.42 Å². The zero-order valence-corrected chi connectivity index (χ0v) is 12.7. The number of carboxylic acids is 1. The van der Waals surface area contributed by atoms with E-state index in [1.807, 2.05) is 20.8 Å². The molecule has 0 aliphatic carbocycles. The predicted molar refractivity (Wildman–Crippen MR) is 79.0 cm³/mol. The van der Waals surface area contributed by atoms with Gasteiger partial charge in [-0.15, -0.1) is 0 Å². The van der Waals surface area contributed by atoms with E-state index in [-0.39, 0.29) is 37.4 Å². The van der Waals surface area contributed by atoms with Crippen molar-refractivity contribution in [1.29, 1.82) is 0 Å². The lowest BCUT2D eigenvalue weighted by Crippen LogP contribution is -2.47. The molecule has 1 heterocycles. The molecular formula is C15H22N2O4. The molecule has 0 saturated heterocycles. The number of pyridine rings is 1. The van der Waals surface area contributed by atoms with Gasteiger partial charge < -0.3 is 14.6 Å². The first kappa shape index (κ1) is 16.9. The molecule has 0 bridgehead atoms. The molecule has 0 aliphatic heterocycles. The van der Waals surface area contributed by atoms with Gasteiger partial charge in [-0.05, 0) is 26.8 Å². The molecule has 6 heteroatoms. The molecule has 0 aliphatic rings. The van der Waals surface area contributed by atoms with Crippen LogP contribution in [0.2, 0.25) is 0 Å². The zero-order chi connectivity index (χ0) is 16.0. The lowest BCUT2D eigenvalue weighted by molar-refractivity contribution is -0.140. The number of aryl methyl sites for hydroxylation is 1. The van der Waals surface area contributed by atoms with Gasteiger partial charge >= 0.3 is 5.97 Å². The molecular weight excluding hydrogens is 272 g/mol. The van der Waals surface area contributed by atoms with Crippen molar-refractivity contribution >= 4 is 11.9 Å². The Hall–Kier alpha value is -2.11. The molecule has 116 valence electrons. The van der Waals surface area contributed by atoms with Crippen LogP contribution in [-0.4, -0.2) is 38.5 Å². The Kier molecular flexibility index (Phi) is 5.69. The molecule has 0 radical (unpaired) electrons. The van der Waals surface area contributed by atoms with E-state index < -0.39 is 11.5 Å². The average molecular weight is 294 g/mol. The molecule has 1 aromatic heterocycles. The van der Waals surface area contributed by atoms with Crippen LogP contribution in [0.15, 0.2) is 29.2 Å². The van der Waals surface area contributed by atoms with Crippen LogP contribution >= 0.6 is 0 Å². The highest BCUT2D eigenvalue weighted by Crippen LogP contribution is 2.15.